The predicted molar refractivity (Wildman–Crippen MR) is 96.6 cm³/mol. The molecule has 1 aliphatic carbocycles. The van der Waals surface area contributed by atoms with Gasteiger partial charge in [0.05, 0.1) is 19.1 Å². The van der Waals surface area contributed by atoms with Crippen LogP contribution in [0.1, 0.15) is 30.9 Å². The molecule has 1 aromatic carbocycles. The van der Waals surface area contributed by atoms with E-state index in [-0.39, 0.29) is 30.3 Å². The number of carbonyl (C=O) groups excluding carboxylic acids is 2. The van der Waals surface area contributed by atoms with Gasteiger partial charge < -0.3 is 15.0 Å². The van der Waals surface area contributed by atoms with Crippen molar-refractivity contribution in [3.05, 3.63) is 54.4 Å². The van der Waals surface area contributed by atoms with Gasteiger partial charge in [-0.15, -0.1) is 0 Å². The van der Waals surface area contributed by atoms with E-state index in [0.717, 1.165) is 24.2 Å². The second-order valence-electron chi connectivity index (χ2n) is 6.79. The minimum Gasteiger partial charge on any atom is -0.497 e. The first-order valence-corrected chi connectivity index (χ1v) is 8.83. The summed E-state index contributed by atoms with van der Waals surface area (Å²) in [5.41, 5.74) is 1.63. The van der Waals surface area contributed by atoms with Crippen LogP contribution in [0.3, 0.4) is 0 Å². The Labute approximate surface area is 152 Å². The maximum Gasteiger partial charge on any atom is 0.230 e. The molecule has 2 aromatic rings. The van der Waals surface area contributed by atoms with Crippen molar-refractivity contribution in [1.82, 2.24) is 9.88 Å². The lowest BCUT2D eigenvalue weighted by Gasteiger charge is -2.28. The maximum atomic E-state index is 12.9. The van der Waals surface area contributed by atoms with Crippen LogP contribution in [-0.2, 0) is 9.59 Å². The first kappa shape index (κ1) is 16.6. The average molecular weight is 351 g/mol. The lowest BCUT2D eigenvalue weighted by atomic mass is 9.92. The SMILES string of the molecule is COc1cccc(C2C(C(=O)Nc3ccncc3)CC(=O)N2C2CC2)c1. The van der Waals surface area contributed by atoms with Crippen molar-refractivity contribution in [1.29, 1.82) is 0 Å². The van der Waals surface area contributed by atoms with Gasteiger partial charge in [-0.3, -0.25) is 14.6 Å². The van der Waals surface area contributed by atoms with Gasteiger partial charge in [0.1, 0.15) is 5.75 Å². The Morgan fingerprint density at radius 3 is 2.69 bits per heavy atom. The quantitative estimate of drug-likeness (QED) is 0.899. The Morgan fingerprint density at radius 1 is 1.23 bits per heavy atom. The molecule has 2 amide bonds. The highest BCUT2D eigenvalue weighted by Gasteiger charge is 2.49. The number of benzene rings is 1. The molecule has 6 nitrogen and oxygen atoms in total. The predicted octanol–water partition coefficient (Wildman–Crippen LogP) is 2.78. The van der Waals surface area contributed by atoms with E-state index in [4.69, 9.17) is 4.74 Å². The summed E-state index contributed by atoms with van der Waals surface area (Å²) in [7, 11) is 1.62. The standard InChI is InChI=1S/C20H21N3O3/c1-26-16-4-2-3-13(11-16)19-17(12-18(24)23(19)15-5-6-15)20(25)22-14-7-9-21-10-8-14/h2-4,7-11,15,17,19H,5-6,12H2,1H3,(H,21,22,25). The average Bonchev–Trinajstić information content (AvgIpc) is 3.44. The monoisotopic (exact) mass is 351 g/mol. The molecule has 1 aliphatic heterocycles. The van der Waals surface area contributed by atoms with Crippen molar-refractivity contribution in [2.24, 2.45) is 5.92 Å². The van der Waals surface area contributed by atoms with Gasteiger partial charge in [-0.1, -0.05) is 12.1 Å². The van der Waals surface area contributed by atoms with E-state index in [0.29, 0.717) is 5.69 Å². The van der Waals surface area contributed by atoms with Crippen molar-refractivity contribution in [2.45, 2.75) is 31.3 Å². The molecule has 1 saturated carbocycles. The van der Waals surface area contributed by atoms with Gasteiger partial charge in [0.15, 0.2) is 0 Å². The van der Waals surface area contributed by atoms with E-state index >= 15 is 0 Å². The molecule has 1 saturated heterocycles. The fourth-order valence-electron chi connectivity index (χ4n) is 3.66. The second kappa shape index (κ2) is 6.78. The number of nitrogens with one attached hydrogen (secondary N) is 1. The molecular formula is C20H21N3O3. The number of hydrogen-bond acceptors (Lipinski definition) is 4. The van der Waals surface area contributed by atoms with Crippen molar-refractivity contribution >= 4 is 17.5 Å². The van der Waals surface area contributed by atoms with Crippen LogP contribution in [0.25, 0.3) is 0 Å². The molecule has 2 atom stereocenters. The van der Waals surface area contributed by atoms with Crippen LogP contribution in [0.15, 0.2) is 48.8 Å². The van der Waals surface area contributed by atoms with Gasteiger partial charge in [0.25, 0.3) is 0 Å². The molecule has 2 aliphatic rings. The van der Waals surface area contributed by atoms with Gasteiger partial charge in [-0.05, 0) is 42.7 Å². The van der Waals surface area contributed by atoms with Gasteiger partial charge in [-0.2, -0.15) is 0 Å². The number of aromatic nitrogens is 1. The van der Waals surface area contributed by atoms with E-state index < -0.39 is 5.92 Å². The molecule has 2 unspecified atom stereocenters. The summed E-state index contributed by atoms with van der Waals surface area (Å²) in [6.45, 7) is 0. The van der Waals surface area contributed by atoms with E-state index in [1.165, 1.54) is 0 Å². The topological polar surface area (TPSA) is 71.5 Å². The van der Waals surface area contributed by atoms with Crippen molar-refractivity contribution < 1.29 is 14.3 Å². The molecule has 134 valence electrons. The van der Waals surface area contributed by atoms with Crippen LogP contribution in [0, 0.1) is 5.92 Å². The van der Waals surface area contributed by atoms with Crippen LogP contribution in [0.2, 0.25) is 0 Å². The van der Waals surface area contributed by atoms with Crippen LogP contribution in [-0.4, -0.2) is 34.8 Å². The zero-order valence-corrected chi connectivity index (χ0v) is 14.6. The molecule has 2 heterocycles. The maximum absolute atomic E-state index is 12.9. The summed E-state index contributed by atoms with van der Waals surface area (Å²) in [5.74, 6) is 0.213. The zero-order chi connectivity index (χ0) is 18.1. The third kappa shape index (κ3) is 3.14. The normalized spacial score (nSPS) is 22.3. The van der Waals surface area contributed by atoms with Gasteiger partial charge >= 0.3 is 0 Å². The smallest absolute Gasteiger partial charge is 0.230 e. The minimum atomic E-state index is -0.427. The van der Waals surface area contributed by atoms with Crippen LogP contribution in [0.4, 0.5) is 5.69 Å². The molecule has 0 radical (unpaired) electrons. The Morgan fingerprint density at radius 2 is 2.00 bits per heavy atom. The van der Waals surface area contributed by atoms with Crippen molar-refractivity contribution in [2.75, 3.05) is 12.4 Å². The van der Waals surface area contributed by atoms with Gasteiger partial charge in [-0.25, -0.2) is 0 Å². The third-order valence-electron chi connectivity index (χ3n) is 5.02. The Hall–Kier alpha value is -2.89. The molecule has 0 bridgehead atoms. The number of carbonyl (C=O) groups is 2. The summed E-state index contributed by atoms with van der Waals surface area (Å²) in [6, 6.07) is 11.1. The lowest BCUT2D eigenvalue weighted by molar-refractivity contribution is -0.129. The first-order valence-electron chi connectivity index (χ1n) is 8.83. The summed E-state index contributed by atoms with van der Waals surface area (Å²) in [6.07, 6.45) is 5.50. The number of anilines is 1. The molecule has 26 heavy (non-hydrogen) atoms. The number of nitrogens with zero attached hydrogens (tertiary/aromatic N) is 2. The van der Waals surface area contributed by atoms with E-state index in [2.05, 4.69) is 10.3 Å². The number of likely N-dealkylation sites (tertiary alicyclic amines) is 1. The Kier molecular flexibility index (Phi) is 4.32. The number of amides is 2. The summed E-state index contributed by atoms with van der Waals surface area (Å²) in [5, 5.41) is 2.92. The molecule has 2 fully saturated rings. The minimum absolute atomic E-state index is 0.0511. The lowest BCUT2D eigenvalue weighted by Crippen LogP contribution is -2.33. The van der Waals surface area contributed by atoms with Crippen molar-refractivity contribution in [3.8, 4) is 5.75 Å². The first-order chi connectivity index (χ1) is 12.7. The fraction of sp³-hybridized carbons (Fsp3) is 0.350. The molecule has 1 N–H and O–H groups in total. The third-order valence-corrected chi connectivity index (χ3v) is 5.02. The summed E-state index contributed by atoms with van der Waals surface area (Å²) < 4.78 is 5.33. The Bertz CT molecular complexity index is 820. The number of methoxy groups -OCH3 is 1. The fourth-order valence-corrected chi connectivity index (χ4v) is 3.66. The van der Waals surface area contributed by atoms with Gasteiger partial charge in [0.2, 0.25) is 11.8 Å². The highest BCUT2D eigenvalue weighted by Crippen LogP contribution is 2.45. The van der Waals surface area contributed by atoms with Gasteiger partial charge in [0, 0.05) is 30.5 Å². The number of hydrogen-bond donors (Lipinski definition) is 1. The second-order valence-corrected chi connectivity index (χ2v) is 6.79. The number of pyridine rings is 1. The van der Waals surface area contributed by atoms with Crippen LogP contribution in [0.5, 0.6) is 5.75 Å². The van der Waals surface area contributed by atoms with Crippen LogP contribution < -0.4 is 10.1 Å². The number of rotatable bonds is 5. The summed E-state index contributed by atoms with van der Waals surface area (Å²) in [4.78, 5) is 31.5. The zero-order valence-electron chi connectivity index (χ0n) is 14.6. The highest BCUT2D eigenvalue weighted by molar-refractivity contribution is 5.98. The van der Waals surface area contributed by atoms with Crippen LogP contribution >= 0.6 is 0 Å². The van der Waals surface area contributed by atoms with E-state index in [9.17, 15) is 9.59 Å². The molecular weight excluding hydrogens is 330 g/mol. The molecule has 1 aromatic heterocycles. The Balaban J connectivity index is 1.65. The molecule has 0 spiro atoms. The largest absolute Gasteiger partial charge is 0.497 e. The van der Waals surface area contributed by atoms with E-state index in [1.54, 1.807) is 31.6 Å². The molecule has 4 rings (SSSR count). The van der Waals surface area contributed by atoms with Crippen molar-refractivity contribution in [3.63, 3.8) is 0 Å². The molecule has 6 heteroatoms. The highest BCUT2D eigenvalue weighted by atomic mass is 16.5. The summed E-state index contributed by atoms with van der Waals surface area (Å²) >= 11 is 0. The van der Waals surface area contributed by atoms with E-state index in [1.807, 2.05) is 29.2 Å². The number of ether oxygens (including phenoxy) is 1.